The topological polar surface area (TPSA) is 86.0 Å². The molecule has 3 aromatic rings. The Morgan fingerprint density at radius 1 is 1.08 bits per heavy atom. The third kappa shape index (κ3) is 2.57. The highest BCUT2D eigenvalue weighted by atomic mass is 19.2. The number of nitriles is 1. The quantitative estimate of drug-likeness (QED) is 0.539. The van der Waals surface area contributed by atoms with E-state index in [-0.39, 0.29) is 5.52 Å². The van der Waals surface area contributed by atoms with Crippen LogP contribution in [0.1, 0.15) is 15.9 Å². The summed E-state index contributed by atoms with van der Waals surface area (Å²) < 4.78 is 55.1. The van der Waals surface area contributed by atoms with Crippen LogP contribution in [-0.4, -0.2) is 16.0 Å². The van der Waals surface area contributed by atoms with E-state index in [0.717, 1.165) is 12.1 Å². The van der Waals surface area contributed by atoms with Gasteiger partial charge in [0, 0.05) is 11.6 Å². The van der Waals surface area contributed by atoms with Crippen LogP contribution < -0.4 is 5.32 Å². The van der Waals surface area contributed by atoms with E-state index in [1.807, 2.05) is 0 Å². The highest BCUT2D eigenvalue weighted by Crippen LogP contribution is 2.30. The molecule has 0 aliphatic carbocycles. The van der Waals surface area contributed by atoms with Gasteiger partial charge in [0.15, 0.2) is 29.0 Å². The number of hydrogen-bond donors (Lipinski definition) is 2. The number of phenols is 1. The fraction of sp³-hybridized carbons (Fsp3) is 0. The van der Waals surface area contributed by atoms with Crippen LogP contribution in [0.5, 0.6) is 5.75 Å². The predicted octanol–water partition coefficient (Wildman–Crippen LogP) is 3.62. The minimum atomic E-state index is -1.94. The molecule has 0 radical (unpaired) electrons. The average molecular weight is 361 g/mol. The molecule has 26 heavy (non-hydrogen) atoms. The maximum absolute atomic E-state index is 13.9. The van der Waals surface area contributed by atoms with E-state index in [9.17, 15) is 27.5 Å². The summed E-state index contributed by atoms with van der Waals surface area (Å²) in [5.74, 6) is -9.55. The number of amides is 1. The van der Waals surface area contributed by atoms with Crippen molar-refractivity contribution in [1.29, 1.82) is 5.26 Å². The third-order valence-corrected chi connectivity index (χ3v) is 3.61. The molecule has 9 heteroatoms. The Morgan fingerprint density at radius 3 is 2.35 bits per heavy atom. The molecule has 1 amide bonds. The Morgan fingerprint density at radius 2 is 1.73 bits per heavy atom. The summed E-state index contributed by atoms with van der Waals surface area (Å²) in [6, 6.07) is 6.77. The third-order valence-electron chi connectivity index (χ3n) is 3.61. The molecule has 5 nitrogen and oxygen atoms in total. The van der Waals surface area contributed by atoms with Gasteiger partial charge in [-0.1, -0.05) is 12.1 Å². The second-order valence-electron chi connectivity index (χ2n) is 5.11. The lowest BCUT2D eigenvalue weighted by Crippen LogP contribution is -2.17. The lowest BCUT2D eigenvalue weighted by Gasteiger charge is -2.11. The van der Waals surface area contributed by atoms with Crippen molar-refractivity contribution < 1.29 is 27.5 Å². The molecule has 0 saturated heterocycles. The first-order chi connectivity index (χ1) is 12.4. The normalized spacial score (nSPS) is 10.6. The fourth-order valence-electron chi connectivity index (χ4n) is 2.33. The number of anilines is 1. The number of fused-ring (bicyclic) bond motifs is 1. The highest BCUT2D eigenvalue weighted by Gasteiger charge is 2.27. The van der Waals surface area contributed by atoms with E-state index in [4.69, 9.17) is 5.26 Å². The number of nitrogens with one attached hydrogen (secondary N) is 1. The van der Waals surface area contributed by atoms with Gasteiger partial charge in [0.2, 0.25) is 0 Å². The molecule has 0 saturated carbocycles. The van der Waals surface area contributed by atoms with Crippen LogP contribution in [0.4, 0.5) is 23.2 Å². The number of halogens is 4. The Labute approximate surface area is 143 Å². The van der Waals surface area contributed by atoms with Crippen molar-refractivity contribution in [1.82, 2.24) is 4.98 Å². The number of pyridine rings is 1. The van der Waals surface area contributed by atoms with E-state index < -0.39 is 51.7 Å². The number of carbonyl (C=O) groups excluding carboxylic acids is 1. The van der Waals surface area contributed by atoms with Crippen molar-refractivity contribution >= 4 is 22.5 Å². The van der Waals surface area contributed by atoms with Gasteiger partial charge in [-0.15, -0.1) is 0 Å². The molecule has 0 fully saturated rings. The number of carbonyl (C=O) groups is 1. The molecule has 0 spiro atoms. The van der Waals surface area contributed by atoms with Crippen molar-refractivity contribution in [3.8, 4) is 11.8 Å². The molecule has 2 aromatic carbocycles. The Kier molecular flexibility index (Phi) is 4.18. The molecule has 1 heterocycles. The monoisotopic (exact) mass is 361 g/mol. The second kappa shape index (κ2) is 6.33. The van der Waals surface area contributed by atoms with Crippen LogP contribution in [0.25, 0.3) is 10.9 Å². The first-order valence-electron chi connectivity index (χ1n) is 7.01. The zero-order valence-electron chi connectivity index (χ0n) is 12.6. The van der Waals surface area contributed by atoms with Gasteiger partial charge in [0.05, 0.1) is 5.56 Å². The number of phenolic OH excluding ortho intramolecular Hbond substituents is 1. The number of benzene rings is 2. The zero-order chi connectivity index (χ0) is 19.0. The van der Waals surface area contributed by atoms with E-state index in [2.05, 4.69) is 4.98 Å². The predicted molar refractivity (Wildman–Crippen MR) is 82.4 cm³/mol. The summed E-state index contributed by atoms with van der Waals surface area (Å²) in [5.41, 5.74) is -3.22. The van der Waals surface area contributed by atoms with E-state index >= 15 is 0 Å². The maximum Gasteiger partial charge on any atom is 0.259 e. The van der Waals surface area contributed by atoms with Crippen molar-refractivity contribution in [3.05, 3.63) is 64.9 Å². The molecule has 0 aliphatic rings. The summed E-state index contributed by atoms with van der Waals surface area (Å²) in [7, 11) is 0. The van der Waals surface area contributed by atoms with Crippen LogP contribution in [0.2, 0.25) is 0 Å². The molecule has 3 rings (SSSR count). The lowest BCUT2D eigenvalue weighted by molar-refractivity contribution is 0.102. The Balaban J connectivity index is 2.07. The molecular formula is C17H7F4N3O2. The van der Waals surface area contributed by atoms with E-state index in [1.54, 1.807) is 17.4 Å². The SMILES string of the molecule is N#Cc1c(F)c(F)c(NC(=O)c2ccc3cccnc3c2O)c(F)c1F. The standard InChI is InChI=1S/C17H7F4N3O2/c18-10-9(6-22)11(19)13(21)15(12(10)20)24-17(26)8-4-3-7-2-1-5-23-14(7)16(8)25/h1-5,25H,(H,24,26). The molecule has 1 aromatic heterocycles. The summed E-state index contributed by atoms with van der Waals surface area (Å²) >= 11 is 0. The van der Waals surface area contributed by atoms with Crippen molar-refractivity contribution in [3.63, 3.8) is 0 Å². The van der Waals surface area contributed by atoms with Gasteiger partial charge in [-0.3, -0.25) is 9.78 Å². The summed E-state index contributed by atoms with van der Waals surface area (Å²) in [6.07, 6.45) is 1.36. The minimum Gasteiger partial charge on any atom is -0.505 e. The average Bonchev–Trinajstić information content (AvgIpc) is 2.64. The number of nitrogens with zero attached hydrogens (tertiary/aromatic N) is 2. The summed E-state index contributed by atoms with van der Waals surface area (Å²) in [5, 5.41) is 20.8. The van der Waals surface area contributed by atoms with Crippen LogP contribution in [0, 0.1) is 34.6 Å². The molecule has 0 unspecified atom stereocenters. The first kappa shape index (κ1) is 17.2. The molecular weight excluding hydrogens is 354 g/mol. The first-order valence-corrected chi connectivity index (χ1v) is 7.01. The van der Waals surface area contributed by atoms with Gasteiger partial charge in [0.25, 0.3) is 5.91 Å². The van der Waals surface area contributed by atoms with Crippen LogP contribution in [0.15, 0.2) is 30.5 Å². The van der Waals surface area contributed by atoms with E-state index in [0.29, 0.717) is 5.39 Å². The Hall–Kier alpha value is -3.67. The van der Waals surface area contributed by atoms with Crippen molar-refractivity contribution in [2.24, 2.45) is 0 Å². The molecule has 2 N–H and O–H groups in total. The van der Waals surface area contributed by atoms with Crippen LogP contribution >= 0.6 is 0 Å². The number of aromatic nitrogens is 1. The maximum atomic E-state index is 13.9. The number of aromatic hydroxyl groups is 1. The van der Waals surface area contributed by atoms with Gasteiger partial charge in [-0.05, 0) is 12.1 Å². The van der Waals surface area contributed by atoms with Gasteiger partial charge in [0.1, 0.15) is 22.8 Å². The zero-order valence-corrected chi connectivity index (χ0v) is 12.6. The molecule has 130 valence electrons. The molecule has 0 bridgehead atoms. The van der Waals surface area contributed by atoms with Crippen LogP contribution in [0.3, 0.4) is 0 Å². The van der Waals surface area contributed by atoms with Crippen molar-refractivity contribution in [2.75, 3.05) is 5.32 Å². The summed E-state index contributed by atoms with van der Waals surface area (Å²) in [6.45, 7) is 0. The van der Waals surface area contributed by atoms with E-state index in [1.165, 1.54) is 12.3 Å². The number of rotatable bonds is 2. The second-order valence-corrected chi connectivity index (χ2v) is 5.11. The van der Waals surface area contributed by atoms with Crippen molar-refractivity contribution in [2.45, 2.75) is 0 Å². The minimum absolute atomic E-state index is 0.0540. The molecule has 0 atom stereocenters. The number of hydrogen-bond acceptors (Lipinski definition) is 4. The lowest BCUT2D eigenvalue weighted by atomic mass is 10.1. The molecule has 0 aliphatic heterocycles. The van der Waals surface area contributed by atoms with Gasteiger partial charge >= 0.3 is 0 Å². The summed E-state index contributed by atoms with van der Waals surface area (Å²) in [4.78, 5) is 16.1. The van der Waals surface area contributed by atoms with Gasteiger partial charge < -0.3 is 10.4 Å². The largest absolute Gasteiger partial charge is 0.505 e. The van der Waals surface area contributed by atoms with Gasteiger partial charge in [-0.25, -0.2) is 17.6 Å². The highest BCUT2D eigenvalue weighted by molar-refractivity contribution is 6.09. The van der Waals surface area contributed by atoms with Gasteiger partial charge in [-0.2, -0.15) is 5.26 Å². The van der Waals surface area contributed by atoms with Crippen LogP contribution in [-0.2, 0) is 0 Å². The smallest absolute Gasteiger partial charge is 0.259 e. The fourth-order valence-corrected chi connectivity index (χ4v) is 2.33. The Bertz CT molecular complexity index is 1080.